The second-order valence-corrected chi connectivity index (χ2v) is 8.17. The number of rotatable bonds is 10. The Bertz CT molecular complexity index is 605. The van der Waals surface area contributed by atoms with E-state index in [1.807, 2.05) is 12.1 Å². The highest BCUT2D eigenvalue weighted by Crippen LogP contribution is 2.22. The summed E-state index contributed by atoms with van der Waals surface area (Å²) in [7, 11) is 0. The van der Waals surface area contributed by atoms with Crippen LogP contribution in [0.1, 0.15) is 39.0 Å². The maximum atomic E-state index is 11.6. The Labute approximate surface area is 199 Å². The standard InChI is InChI=1S/C23H37N3O3.2ClH/c1-2-3-18-28-23(27)19-29-22-6-4-21(5-7-22)26-16-14-25(15-17-26)13-10-20-8-11-24-12-9-20;;/h4-7,20,24H,2-3,8-19H2,1H3;2*1H. The maximum absolute atomic E-state index is 11.6. The van der Waals surface area contributed by atoms with Gasteiger partial charge in [0.05, 0.1) is 6.61 Å². The molecule has 0 radical (unpaired) electrons. The molecule has 2 heterocycles. The van der Waals surface area contributed by atoms with Gasteiger partial charge in [-0.15, -0.1) is 24.8 Å². The molecule has 1 aromatic rings. The number of unbranched alkanes of at least 4 members (excludes halogenated alkanes) is 1. The average molecular weight is 476 g/mol. The highest BCUT2D eigenvalue weighted by atomic mass is 35.5. The number of benzene rings is 1. The van der Waals surface area contributed by atoms with Gasteiger partial charge in [0.15, 0.2) is 6.61 Å². The first-order chi connectivity index (χ1) is 14.2. The minimum Gasteiger partial charge on any atom is -0.482 e. The zero-order chi connectivity index (χ0) is 20.3. The van der Waals surface area contributed by atoms with Crippen LogP contribution in [0.25, 0.3) is 0 Å². The minimum absolute atomic E-state index is 0. The van der Waals surface area contributed by atoms with Gasteiger partial charge in [-0.25, -0.2) is 4.79 Å². The fraction of sp³-hybridized carbons (Fsp3) is 0.696. The summed E-state index contributed by atoms with van der Waals surface area (Å²) in [4.78, 5) is 16.7. The predicted octanol–water partition coefficient (Wildman–Crippen LogP) is 3.76. The zero-order valence-corrected chi connectivity index (χ0v) is 20.4. The van der Waals surface area contributed by atoms with Crippen LogP contribution in [0.2, 0.25) is 0 Å². The Balaban J connectivity index is 0.00000240. The largest absolute Gasteiger partial charge is 0.482 e. The lowest BCUT2D eigenvalue weighted by Gasteiger charge is -2.37. The first-order valence-corrected chi connectivity index (χ1v) is 11.3. The van der Waals surface area contributed by atoms with E-state index < -0.39 is 0 Å². The summed E-state index contributed by atoms with van der Waals surface area (Å²) in [5, 5.41) is 3.45. The molecule has 1 aromatic carbocycles. The van der Waals surface area contributed by atoms with Crippen molar-refractivity contribution in [3.8, 4) is 5.75 Å². The fourth-order valence-corrected chi connectivity index (χ4v) is 4.03. The number of ether oxygens (including phenoxy) is 2. The van der Waals surface area contributed by atoms with Gasteiger partial charge in [-0.1, -0.05) is 13.3 Å². The Morgan fingerprint density at radius 2 is 1.74 bits per heavy atom. The van der Waals surface area contributed by atoms with Gasteiger partial charge in [-0.05, 0) is 75.5 Å². The van der Waals surface area contributed by atoms with Crippen molar-refractivity contribution in [2.45, 2.75) is 39.0 Å². The monoisotopic (exact) mass is 475 g/mol. The van der Waals surface area contributed by atoms with E-state index in [0.29, 0.717) is 12.4 Å². The molecule has 3 rings (SSSR count). The molecule has 0 saturated carbocycles. The molecular weight excluding hydrogens is 437 g/mol. The topological polar surface area (TPSA) is 54.0 Å². The molecule has 31 heavy (non-hydrogen) atoms. The molecule has 2 saturated heterocycles. The van der Waals surface area contributed by atoms with Gasteiger partial charge in [0.1, 0.15) is 5.75 Å². The third-order valence-electron chi connectivity index (χ3n) is 6.00. The van der Waals surface area contributed by atoms with Crippen molar-refractivity contribution in [1.82, 2.24) is 10.2 Å². The molecule has 2 aliphatic heterocycles. The summed E-state index contributed by atoms with van der Waals surface area (Å²) in [6.07, 6.45) is 5.93. The van der Waals surface area contributed by atoms with Gasteiger partial charge in [-0.3, -0.25) is 4.90 Å². The van der Waals surface area contributed by atoms with Crippen LogP contribution < -0.4 is 15.0 Å². The fourth-order valence-electron chi connectivity index (χ4n) is 4.03. The first-order valence-electron chi connectivity index (χ1n) is 11.3. The summed E-state index contributed by atoms with van der Waals surface area (Å²) in [6.45, 7) is 10.5. The molecule has 6 nitrogen and oxygen atoms in total. The normalized spacial score (nSPS) is 17.4. The molecule has 0 bridgehead atoms. The van der Waals surface area contributed by atoms with Crippen molar-refractivity contribution in [2.24, 2.45) is 5.92 Å². The van der Waals surface area contributed by atoms with Gasteiger partial charge >= 0.3 is 5.97 Å². The molecule has 0 aliphatic carbocycles. The zero-order valence-electron chi connectivity index (χ0n) is 18.7. The molecule has 0 spiro atoms. The molecule has 0 amide bonds. The van der Waals surface area contributed by atoms with E-state index in [9.17, 15) is 4.79 Å². The lowest BCUT2D eigenvalue weighted by atomic mass is 9.94. The number of hydrogen-bond donors (Lipinski definition) is 1. The molecule has 2 aliphatic rings. The number of halogens is 2. The van der Waals surface area contributed by atoms with Crippen LogP contribution in [0.3, 0.4) is 0 Å². The highest BCUT2D eigenvalue weighted by molar-refractivity contribution is 5.85. The van der Waals surface area contributed by atoms with Crippen molar-refractivity contribution in [3.05, 3.63) is 24.3 Å². The van der Waals surface area contributed by atoms with E-state index in [4.69, 9.17) is 9.47 Å². The van der Waals surface area contributed by atoms with E-state index in [0.717, 1.165) is 44.9 Å². The van der Waals surface area contributed by atoms with Crippen LogP contribution in [0.15, 0.2) is 24.3 Å². The van der Waals surface area contributed by atoms with Crippen LogP contribution >= 0.6 is 24.8 Å². The number of carbonyl (C=O) groups excluding carboxylic acids is 1. The van der Waals surface area contributed by atoms with E-state index in [2.05, 4.69) is 34.2 Å². The van der Waals surface area contributed by atoms with Gasteiger partial charge in [-0.2, -0.15) is 0 Å². The molecule has 1 N–H and O–H groups in total. The minimum atomic E-state index is -0.303. The van der Waals surface area contributed by atoms with Crippen LogP contribution in [-0.4, -0.2) is 69.9 Å². The van der Waals surface area contributed by atoms with E-state index >= 15 is 0 Å². The van der Waals surface area contributed by atoms with Crippen molar-refractivity contribution in [3.63, 3.8) is 0 Å². The summed E-state index contributed by atoms with van der Waals surface area (Å²) < 4.78 is 10.7. The quantitative estimate of drug-likeness (QED) is 0.410. The molecular formula is C23H39Cl2N3O3. The summed E-state index contributed by atoms with van der Waals surface area (Å²) >= 11 is 0. The smallest absolute Gasteiger partial charge is 0.344 e. The number of piperidine rings is 1. The lowest BCUT2D eigenvalue weighted by Crippen LogP contribution is -2.47. The molecule has 2 fully saturated rings. The molecule has 0 unspecified atom stereocenters. The van der Waals surface area contributed by atoms with Gasteiger partial charge < -0.3 is 19.7 Å². The molecule has 0 aromatic heterocycles. The van der Waals surface area contributed by atoms with Crippen LogP contribution in [0.5, 0.6) is 5.75 Å². The van der Waals surface area contributed by atoms with Crippen LogP contribution in [0, 0.1) is 5.92 Å². The summed E-state index contributed by atoms with van der Waals surface area (Å²) in [6, 6.07) is 8.06. The predicted molar refractivity (Wildman–Crippen MR) is 131 cm³/mol. The van der Waals surface area contributed by atoms with E-state index in [-0.39, 0.29) is 37.4 Å². The van der Waals surface area contributed by atoms with Crippen molar-refractivity contribution in [1.29, 1.82) is 0 Å². The lowest BCUT2D eigenvalue weighted by molar-refractivity contribution is -0.146. The molecule has 178 valence electrons. The average Bonchev–Trinajstić information content (AvgIpc) is 2.78. The molecule has 8 heteroatoms. The number of hydrogen-bond acceptors (Lipinski definition) is 6. The summed E-state index contributed by atoms with van der Waals surface area (Å²) in [5.41, 5.74) is 1.22. The SMILES string of the molecule is CCCCOC(=O)COc1ccc(N2CCN(CCC3CCNCC3)CC2)cc1.Cl.Cl. The third-order valence-corrected chi connectivity index (χ3v) is 6.00. The number of esters is 1. The number of carbonyl (C=O) groups is 1. The summed E-state index contributed by atoms with van der Waals surface area (Å²) in [5.74, 6) is 1.32. The first kappa shape index (κ1) is 27.8. The third kappa shape index (κ3) is 9.85. The second-order valence-electron chi connectivity index (χ2n) is 8.17. The number of anilines is 1. The van der Waals surface area contributed by atoms with Gasteiger partial charge in [0.25, 0.3) is 0 Å². The number of nitrogens with zero attached hydrogens (tertiary/aromatic N) is 2. The van der Waals surface area contributed by atoms with Gasteiger partial charge in [0, 0.05) is 31.9 Å². The van der Waals surface area contributed by atoms with Crippen molar-refractivity contribution in [2.75, 3.05) is 63.9 Å². The van der Waals surface area contributed by atoms with Crippen LogP contribution in [-0.2, 0) is 9.53 Å². The highest BCUT2D eigenvalue weighted by Gasteiger charge is 2.19. The number of nitrogens with one attached hydrogen (secondary N) is 1. The van der Waals surface area contributed by atoms with Crippen LogP contribution in [0.4, 0.5) is 5.69 Å². The Morgan fingerprint density at radius 1 is 1.06 bits per heavy atom. The maximum Gasteiger partial charge on any atom is 0.344 e. The van der Waals surface area contributed by atoms with Gasteiger partial charge in [0.2, 0.25) is 0 Å². The Kier molecular flexibility index (Phi) is 14.0. The van der Waals surface area contributed by atoms with Crippen molar-refractivity contribution >= 4 is 36.5 Å². The van der Waals surface area contributed by atoms with E-state index in [1.54, 1.807) is 0 Å². The second kappa shape index (κ2) is 15.6. The Morgan fingerprint density at radius 3 is 2.39 bits per heavy atom. The van der Waals surface area contributed by atoms with Crippen molar-refractivity contribution < 1.29 is 14.3 Å². The molecule has 0 atom stereocenters. The van der Waals surface area contributed by atoms with E-state index in [1.165, 1.54) is 44.6 Å². The Hall–Kier alpha value is -1.21. The number of piperazine rings is 1.